The van der Waals surface area contributed by atoms with Crippen LogP contribution in [0.2, 0.25) is 0 Å². The summed E-state index contributed by atoms with van der Waals surface area (Å²) in [5.41, 5.74) is 0.597. The third kappa shape index (κ3) is 3.45. The molecule has 0 heterocycles. The number of nitrogens with zero attached hydrogens (tertiary/aromatic N) is 1. The van der Waals surface area contributed by atoms with E-state index in [1.165, 1.54) is 71.0 Å². The average molecular weight is 238 g/mol. The monoisotopic (exact) mass is 238 g/mol. The van der Waals surface area contributed by atoms with E-state index < -0.39 is 0 Å². The van der Waals surface area contributed by atoms with Gasteiger partial charge in [-0.1, -0.05) is 26.2 Å². The molecule has 2 heteroatoms. The highest BCUT2D eigenvalue weighted by atomic mass is 15.1. The first-order chi connectivity index (χ1) is 8.26. The Hall–Kier alpha value is -0.0800. The van der Waals surface area contributed by atoms with Crippen LogP contribution in [0.15, 0.2) is 0 Å². The molecule has 0 spiro atoms. The SMILES string of the molecule is CCCNCC1(CN(C)C2CCC2)CCCC1. The second kappa shape index (κ2) is 6.19. The standard InChI is InChI=1S/C15H30N2/c1-3-11-16-12-15(9-4-5-10-15)13-17(2)14-7-6-8-14/h14,16H,3-13H2,1-2H3. The number of rotatable bonds is 7. The maximum absolute atomic E-state index is 3.67. The summed E-state index contributed by atoms with van der Waals surface area (Å²) in [4.78, 5) is 2.66. The van der Waals surface area contributed by atoms with Crippen LogP contribution in [0.3, 0.4) is 0 Å². The van der Waals surface area contributed by atoms with Gasteiger partial charge in [-0.3, -0.25) is 0 Å². The van der Waals surface area contributed by atoms with E-state index in [1.807, 2.05) is 0 Å². The van der Waals surface area contributed by atoms with Crippen LogP contribution in [0.4, 0.5) is 0 Å². The van der Waals surface area contributed by atoms with Crippen LogP contribution >= 0.6 is 0 Å². The molecule has 1 N–H and O–H groups in total. The van der Waals surface area contributed by atoms with Gasteiger partial charge in [0.05, 0.1) is 0 Å². The third-order valence-electron chi connectivity index (χ3n) is 4.87. The number of nitrogens with one attached hydrogen (secondary N) is 1. The Bertz CT molecular complexity index is 217. The molecule has 2 saturated carbocycles. The summed E-state index contributed by atoms with van der Waals surface area (Å²) in [6.07, 6.45) is 11.4. The van der Waals surface area contributed by atoms with E-state index in [2.05, 4.69) is 24.2 Å². The van der Waals surface area contributed by atoms with E-state index in [0.717, 1.165) is 6.04 Å². The van der Waals surface area contributed by atoms with Gasteiger partial charge in [0, 0.05) is 19.1 Å². The first kappa shape index (κ1) is 13.4. The van der Waals surface area contributed by atoms with Gasteiger partial charge in [-0.2, -0.15) is 0 Å². The van der Waals surface area contributed by atoms with Crippen LogP contribution < -0.4 is 5.32 Å². The maximum Gasteiger partial charge on any atom is 0.00924 e. The summed E-state index contributed by atoms with van der Waals surface area (Å²) in [5.74, 6) is 0. The lowest BCUT2D eigenvalue weighted by atomic mass is 9.83. The Morgan fingerprint density at radius 1 is 1.18 bits per heavy atom. The van der Waals surface area contributed by atoms with Gasteiger partial charge in [-0.15, -0.1) is 0 Å². The molecule has 0 aliphatic heterocycles. The minimum atomic E-state index is 0.597. The van der Waals surface area contributed by atoms with Crippen molar-refractivity contribution in [3.05, 3.63) is 0 Å². The molecule has 0 bridgehead atoms. The molecular weight excluding hydrogens is 208 g/mol. The zero-order valence-electron chi connectivity index (χ0n) is 11.8. The van der Waals surface area contributed by atoms with E-state index in [9.17, 15) is 0 Å². The molecule has 2 fully saturated rings. The molecule has 0 radical (unpaired) electrons. The number of hydrogen-bond donors (Lipinski definition) is 1. The Morgan fingerprint density at radius 3 is 2.41 bits per heavy atom. The van der Waals surface area contributed by atoms with Gasteiger partial charge < -0.3 is 10.2 Å². The van der Waals surface area contributed by atoms with Gasteiger partial charge >= 0.3 is 0 Å². The van der Waals surface area contributed by atoms with Crippen LogP contribution in [0.25, 0.3) is 0 Å². The van der Waals surface area contributed by atoms with Crippen LogP contribution in [0.5, 0.6) is 0 Å². The van der Waals surface area contributed by atoms with Crippen molar-refractivity contribution < 1.29 is 0 Å². The lowest BCUT2D eigenvalue weighted by Crippen LogP contribution is -2.47. The van der Waals surface area contributed by atoms with Gasteiger partial charge in [0.15, 0.2) is 0 Å². The van der Waals surface area contributed by atoms with Crippen molar-refractivity contribution in [3.63, 3.8) is 0 Å². The number of hydrogen-bond acceptors (Lipinski definition) is 2. The largest absolute Gasteiger partial charge is 0.316 e. The van der Waals surface area contributed by atoms with Gasteiger partial charge in [-0.25, -0.2) is 0 Å². The van der Waals surface area contributed by atoms with E-state index in [4.69, 9.17) is 0 Å². The fourth-order valence-electron chi connectivity index (χ4n) is 3.53. The van der Waals surface area contributed by atoms with E-state index in [0.29, 0.717) is 5.41 Å². The Balaban J connectivity index is 1.82. The summed E-state index contributed by atoms with van der Waals surface area (Å²) in [5, 5.41) is 3.67. The van der Waals surface area contributed by atoms with Crippen molar-refractivity contribution in [1.82, 2.24) is 10.2 Å². The van der Waals surface area contributed by atoms with Crippen molar-refractivity contribution in [2.45, 2.75) is 64.3 Å². The summed E-state index contributed by atoms with van der Waals surface area (Å²) < 4.78 is 0. The Kier molecular flexibility index (Phi) is 4.87. The average Bonchev–Trinajstić information content (AvgIpc) is 2.64. The fraction of sp³-hybridized carbons (Fsp3) is 1.00. The molecule has 2 rings (SSSR count). The zero-order valence-corrected chi connectivity index (χ0v) is 11.8. The molecule has 2 aliphatic rings. The molecule has 0 unspecified atom stereocenters. The second-order valence-corrected chi connectivity index (χ2v) is 6.38. The smallest absolute Gasteiger partial charge is 0.00924 e. The summed E-state index contributed by atoms with van der Waals surface area (Å²) in [7, 11) is 2.35. The molecule has 0 aromatic rings. The molecule has 2 nitrogen and oxygen atoms in total. The molecule has 2 aliphatic carbocycles. The molecular formula is C15H30N2. The van der Waals surface area contributed by atoms with Crippen molar-refractivity contribution >= 4 is 0 Å². The third-order valence-corrected chi connectivity index (χ3v) is 4.87. The van der Waals surface area contributed by atoms with E-state index in [-0.39, 0.29) is 0 Å². The minimum absolute atomic E-state index is 0.597. The van der Waals surface area contributed by atoms with Crippen LogP contribution in [-0.4, -0.2) is 37.6 Å². The maximum atomic E-state index is 3.67. The molecule has 17 heavy (non-hydrogen) atoms. The lowest BCUT2D eigenvalue weighted by Gasteiger charge is -2.41. The van der Waals surface area contributed by atoms with Crippen molar-refractivity contribution in [3.8, 4) is 0 Å². The summed E-state index contributed by atoms with van der Waals surface area (Å²) in [6, 6.07) is 0.902. The first-order valence-corrected chi connectivity index (χ1v) is 7.67. The Labute approximate surface area is 107 Å². The van der Waals surface area contributed by atoms with Crippen LogP contribution in [0, 0.1) is 5.41 Å². The quantitative estimate of drug-likeness (QED) is 0.686. The highest BCUT2D eigenvalue weighted by Gasteiger charge is 2.36. The molecule has 0 saturated heterocycles. The summed E-state index contributed by atoms with van der Waals surface area (Å²) >= 11 is 0. The molecule has 0 aromatic heterocycles. The van der Waals surface area contributed by atoms with Crippen LogP contribution in [0.1, 0.15) is 58.3 Å². The topological polar surface area (TPSA) is 15.3 Å². The molecule has 0 aromatic carbocycles. The second-order valence-electron chi connectivity index (χ2n) is 6.38. The highest BCUT2D eigenvalue weighted by Crippen LogP contribution is 2.39. The van der Waals surface area contributed by atoms with Crippen molar-refractivity contribution in [1.29, 1.82) is 0 Å². The van der Waals surface area contributed by atoms with Gasteiger partial charge in [-0.05, 0) is 51.1 Å². The minimum Gasteiger partial charge on any atom is -0.316 e. The first-order valence-electron chi connectivity index (χ1n) is 7.67. The van der Waals surface area contributed by atoms with Gasteiger partial charge in [0.2, 0.25) is 0 Å². The molecule has 0 amide bonds. The Morgan fingerprint density at radius 2 is 1.88 bits per heavy atom. The van der Waals surface area contributed by atoms with E-state index in [1.54, 1.807) is 0 Å². The zero-order chi connectivity index (χ0) is 12.1. The summed E-state index contributed by atoms with van der Waals surface area (Å²) in [6.45, 7) is 6.02. The lowest BCUT2D eigenvalue weighted by molar-refractivity contribution is 0.0939. The predicted molar refractivity (Wildman–Crippen MR) is 74.3 cm³/mol. The highest BCUT2D eigenvalue weighted by molar-refractivity contribution is 4.91. The van der Waals surface area contributed by atoms with E-state index >= 15 is 0 Å². The van der Waals surface area contributed by atoms with Gasteiger partial charge in [0.25, 0.3) is 0 Å². The molecule has 0 atom stereocenters. The normalized spacial score (nSPS) is 24.2. The van der Waals surface area contributed by atoms with Crippen molar-refractivity contribution in [2.75, 3.05) is 26.7 Å². The fourth-order valence-corrected chi connectivity index (χ4v) is 3.53. The van der Waals surface area contributed by atoms with Crippen LogP contribution in [-0.2, 0) is 0 Å². The molecule has 100 valence electrons. The van der Waals surface area contributed by atoms with Crippen molar-refractivity contribution in [2.24, 2.45) is 5.41 Å². The predicted octanol–water partition coefficient (Wildman–Crippen LogP) is 3.03. The van der Waals surface area contributed by atoms with Gasteiger partial charge in [0.1, 0.15) is 0 Å².